The zero-order valence-corrected chi connectivity index (χ0v) is 9.81. The summed E-state index contributed by atoms with van der Waals surface area (Å²) in [6, 6.07) is 3.31. The summed E-state index contributed by atoms with van der Waals surface area (Å²) in [4.78, 5) is 11.8. The highest BCUT2D eigenvalue weighted by Crippen LogP contribution is 2.24. The summed E-state index contributed by atoms with van der Waals surface area (Å²) in [5.41, 5.74) is -0.200. The van der Waals surface area contributed by atoms with Gasteiger partial charge in [-0.1, -0.05) is 26.8 Å². The summed E-state index contributed by atoms with van der Waals surface area (Å²) >= 11 is 0. The lowest BCUT2D eigenvalue weighted by atomic mass is 9.82. The minimum Gasteiger partial charge on any atom is -0.299 e. The van der Waals surface area contributed by atoms with Crippen LogP contribution in [0.2, 0.25) is 0 Å². The van der Waals surface area contributed by atoms with Crippen molar-refractivity contribution in [3.05, 3.63) is 35.4 Å². The van der Waals surface area contributed by atoms with Crippen molar-refractivity contribution in [1.29, 1.82) is 0 Å². The maximum atomic E-state index is 13.3. The Balaban J connectivity index is 2.85. The second-order valence-electron chi connectivity index (χ2n) is 4.57. The van der Waals surface area contributed by atoms with E-state index in [1.165, 1.54) is 12.1 Å². The van der Waals surface area contributed by atoms with E-state index >= 15 is 0 Å². The lowest BCUT2D eigenvalue weighted by molar-refractivity contribution is -0.126. The predicted octanol–water partition coefficient (Wildman–Crippen LogP) is 3.51. The van der Waals surface area contributed by atoms with Gasteiger partial charge in [0.15, 0.2) is 0 Å². The summed E-state index contributed by atoms with van der Waals surface area (Å²) in [5, 5.41) is 0. The second kappa shape index (κ2) is 4.73. The van der Waals surface area contributed by atoms with Crippen molar-refractivity contribution in [1.82, 2.24) is 0 Å². The Kier molecular flexibility index (Phi) is 3.79. The lowest BCUT2D eigenvalue weighted by Crippen LogP contribution is -2.25. The Bertz CT molecular complexity index is 397. The Morgan fingerprint density at radius 3 is 2.44 bits per heavy atom. The number of Topliss-reactive ketones (excluding diaryl/α,β-unsaturated/α-hetero) is 1. The van der Waals surface area contributed by atoms with Crippen LogP contribution in [0.5, 0.6) is 0 Å². The van der Waals surface area contributed by atoms with E-state index in [1.807, 2.05) is 20.8 Å². The van der Waals surface area contributed by atoms with Gasteiger partial charge >= 0.3 is 0 Å². The fraction of sp³-hybridized carbons (Fsp3) is 0.462. The van der Waals surface area contributed by atoms with Crippen LogP contribution in [0.3, 0.4) is 0 Å². The number of hydrogen-bond donors (Lipinski definition) is 0. The number of benzene rings is 1. The molecule has 16 heavy (non-hydrogen) atoms. The molecule has 0 aliphatic heterocycles. The maximum absolute atomic E-state index is 13.3. The van der Waals surface area contributed by atoms with Crippen LogP contribution in [0.1, 0.15) is 32.8 Å². The van der Waals surface area contributed by atoms with E-state index in [2.05, 4.69) is 0 Å². The van der Waals surface area contributed by atoms with Crippen LogP contribution in [0.25, 0.3) is 0 Å². The van der Waals surface area contributed by atoms with E-state index in [-0.39, 0.29) is 17.8 Å². The molecule has 0 heterocycles. The number of carbonyl (C=O) groups excluding carboxylic acids is 1. The normalized spacial score (nSPS) is 11.6. The molecule has 0 amide bonds. The summed E-state index contributed by atoms with van der Waals surface area (Å²) in [5.74, 6) is -1.30. The lowest BCUT2D eigenvalue weighted by Gasteiger charge is -2.20. The molecule has 0 saturated heterocycles. The molecule has 0 saturated carbocycles. The second-order valence-corrected chi connectivity index (χ2v) is 4.57. The molecule has 0 aliphatic rings. The third-order valence-corrected chi connectivity index (χ3v) is 3.00. The van der Waals surface area contributed by atoms with Crippen LogP contribution >= 0.6 is 0 Å². The molecule has 0 aliphatic carbocycles. The zero-order chi connectivity index (χ0) is 12.3. The molecule has 1 aromatic carbocycles. The number of rotatable bonds is 4. The quantitative estimate of drug-likeness (QED) is 0.767. The van der Waals surface area contributed by atoms with Crippen molar-refractivity contribution >= 4 is 5.78 Å². The van der Waals surface area contributed by atoms with E-state index in [1.54, 1.807) is 0 Å². The van der Waals surface area contributed by atoms with Gasteiger partial charge in [-0.3, -0.25) is 4.79 Å². The monoisotopic (exact) mass is 226 g/mol. The molecule has 1 nitrogen and oxygen atoms in total. The van der Waals surface area contributed by atoms with E-state index in [9.17, 15) is 13.6 Å². The van der Waals surface area contributed by atoms with E-state index in [0.717, 1.165) is 6.07 Å². The van der Waals surface area contributed by atoms with Crippen molar-refractivity contribution < 1.29 is 13.6 Å². The highest BCUT2D eigenvalue weighted by atomic mass is 19.1. The van der Waals surface area contributed by atoms with E-state index < -0.39 is 17.0 Å². The van der Waals surface area contributed by atoms with Crippen LogP contribution in [0.4, 0.5) is 8.78 Å². The van der Waals surface area contributed by atoms with Gasteiger partial charge in [0.1, 0.15) is 17.4 Å². The van der Waals surface area contributed by atoms with Gasteiger partial charge < -0.3 is 0 Å². The Morgan fingerprint density at radius 1 is 1.31 bits per heavy atom. The van der Waals surface area contributed by atoms with E-state index in [0.29, 0.717) is 6.42 Å². The molecule has 0 N–H and O–H groups in total. The van der Waals surface area contributed by atoms with Gasteiger partial charge in [-0.2, -0.15) is 0 Å². The molecular weight excluding hydrogens is 210 g/mol. The van der Waals surface area contributed by atoms with Gasteiger partial charge in [0.05, 0.1) is 0 Å². The fourth-order valence-corrected chi connectivity index (χ4v) is 1.27. The average Bonchev–Trinajstić information content (AvgIpc) is 2.22. The van der Waals surface area contributed by atoms with Crippen LogP contribution in [-0.4, -0.2) is 5.78 Å². The molecule has 3 heteroatoms. The number of halogens is 2. The minimum atomic E-state index is -0.653. The summed E-state index contributed by atoms with van der Waals surface area (Å²) in [6.45, 7) is 5.58. The molecule has 0 fully saturated rings. The highest BCUT2D eigenvalue weighted by Gasteiger charge is 2.25. The third-order valence-electron chi connectivity index (χ3n) is 3.00. The molecule has 0 bridgehead atoms. The van der Waals surface area contributed by atoms with Crippen LogP contribution < -0.4 is 0 Å². The van der Waals surface area contributed by atoms with Crippen molar-refractivity contribution in [3.63, 3.8) is 0 Å². The SMILES string of the molecule is CCC(C)(C)C(=O)Cc1ccc(F)cc1F. The first-order chi connectivity index (χ1) is 7.36. The molecule has 0 atom stereocenters. The smallest absolute Gasteiger partial charge is 0.142 e. The van der Waals surface area contributed by atoms with Crippen LogP contribution in [-0.2, 0) is 11.2 Å². The Morgan fingerprint density at radius 2 is 1.94 bits per heavy atom. The molecule has 0 aromatic heterocycles. The topological polar surface area (TPSA) is 17.1 Å². The minimum absolute atomic E-state index is 0.0208. The summed E-state index contributed by atoms with van der Waals surface area (Å²) in [6.07, 6.45) is 0.724. The molecule has 88 valence electrons. The van der Waals surface area contributed by atoms with Crippen molar-refractivity contribution in [3.8, 4) is 0 Å². The van der Waals surface area contributed by atoms with Crippen LogP contribution in [0, 0.1) is 17.0 Å². The van der Waals surface area contributed by atoms with Gasteiger partial charge in [-0.15, -0.1) is 0 Å². The Hall–Kier alpha value is -1.25. The molecule has 0 spiro atoms. The Labute approximate surface area is 94.5 Å². The highest BCUT2D eigenvalue weighted by molar-refractivity contribution is 5.86. The first-order valence-corrected chi connectivity index (χ1v) is 5.34. The summed E-state index contributed by atoms with van der Waals surface area (Å²) in [7, 11) is 0. The molecule has 0 radical (unpaired) electrons. The number of carbonyl (C=O) groups is 1. The molecular formula is C13H16F2O. The summed E-state index contributed by atoms with van der Waals surface area (Å²) < 4.78 is 26.0. The number of hydrogen-bond acceptors (Lipinski definition) is 1. The molecule has 0 unspecified atom stereocenters. The average molecular weight is 226 g/mol. The first kappa shape index (κ1) is 12.8. The fourth-order valence-electron chi connectivity index (χ4n) is 1.27. The zero-order valence-electron chi connectivity index (χ0n) is 9.81. The van der Waals surface area contributed by atoms with Gasteiger partial charge in [0.25, 0.3) is 0 Å². The first-order valence-electron chi connectivity index (χ1n) is 5.34. The molecule has 1 rings (SSSR count). The predicted molar refractivity (Wildman–Crippen MR) is 59.1 cm³/mol. The standard InChI is InChI=1S/C13H16F2O/c1-4-13(2,3)12(16)7-9-5-6-10(14)8-11(9)15/h5-6,8H,4,7H2,1-3H3. The maximum Gasteiger partial charge on any atom is 0.142 e. The van der Waals surface area contributed by atoms with Gasteiger partial charge in [0, 0.05) is 17.9 Å². The van der Waals surface area contributed by atoms with Gasteiger partial charge in [0.2, 0.25) is 0 Å². The van der Waals surface area contributed by atoms with Crippen LogP contribution in [0.15, 0.2) is 18.2 Å². The van der Waals surface area contributed by atoms with Crippen molar-refractivity contribution in [2.75, 3.05) is 0 Å². The van der Waals surface area contributed by atoms with Gasteiger partial charge in [-0.25, -0.2) is 8.78 Å². The van der Waals surface area contributed by atoms with Gasteiger partial charge in [-0.05, 0) is 18.1 Å². The number of ketones is 1. The largest absolute Gasteiger partial charge is 0.299 e. The molecule has 1 aromatic rings. The van der Waals surface area contributed by atoms with Crippen molar-refractivity contribution in [2.24, 2.45) is 5.41 Å². The van der Waals surface area contributed by atoms with E-state index in [4.69, 9.17) is 0 Å². The van der Waals surface area contributed by atoms with Crippen molar-refractivity contribution in [2.45, 2.75) is 33.6 Å². The third kappa shape index (κ3) is 2.87.